The number of benzene rings is 3. The van der Waals surface area contributed by atoms with E-state index >= 15 is 0 Å². The number of carbonyl (C=O) groups excluding carboxylic acids is 1. The van der Waals surface area contributed by atoms with Gasteiger partial charge in [-0.1, -0.05) is 60.2 Å². The van der Waals surface area contributed by atoms with Gasteiger partial charge in [-0.2, -0.15) is 0 Å². The number of hydrogen-bond donors (Lipinski definition) is 2. The van der Waals surface area contributed by atoms with E-state index in [0.29, 0.717) is 22.5 Å². The topological polar surface area (TPSA) is 102 Å². The Hall–Kier alpha value is -3.55. The molecule has 0 radical (unpaired) electrons. The number of para-hydroxylation sites is 1. The average molecular weight is 432 g/mol. The Kier molecular flexibility index (Phi) is 5.54. The number of nitrogens with two attached hydrogens (primary N) is 1. The summed E-state index contributed by atoms with van der Waals surface area (Å²) < 4.78 is 22.5. The van der Waals surface area contributed by atoms with Crippen LogP contribution in [0.25, 0.3) is 22.2 Å². The van der Waals surface area contributed by atoms with Gasteiger partial charge in [0.1, 0.15) is 0 Å². The summed E-state index contributed by atoms with van der Waals surface area (Å²) in [5.41, 5.74) is 5.14. The van der Waals surface area contributed by atoms with Crippen LogP contribution in [-0.4, -0.2) is 19.3 Å². The second-order valence-electron chi connectivity index (χ2n) is 7.40. The molecular weight excluding hydrogens is 410 g/mol. The quantitative estimate of drug-likeness (QED) is 0.493. The fraction of sp³-hybridized carbons (Fsp3) is 0.0833. The van der Waals surface area contributed by atoms with Crippen molar-refractivity contribution in [2.75, 3.05) is 5.32 Å². The largest absolute Gasteiger partial charge is 0.322 e. The van der Waals surface area contributed by atoms with Crippen LogP contribution in [0.15, 0.2) is 78.9 Å². The number of amides is 1. The maximum Gasteiger partial charge on any atom is 0.256 e. The molecule has 0 aliphatic carbocycles. The molecule has 0 saturated heterocycles. The van der Waals surface area contributed by atoms with Crippen molar-refractivity contribution < 1.29 is 13.2 Å². The van der Waals surface area contributed by atoms with E-state index in [1.54, 1.807) is 30.3 Å². The highest BCUT2D eigenvalue weighted by Gasteiger charge is 2.14. The first-order chi connectivity index (χ1) is 14.8. The van der Waals surface area contributed by atoms with Gasteiger partial charge in [-0.15, -0.1) is 0 Å². The number of primary sulfonamides is 1. The number of nitrogens with one attached hydrogen (secondary N) is 1. The van der Waals surface area contributed by atoms with Crippen molar-refractivity contribution >= 4 is 32.5 Å². The molecule has 0 aliphatic heterocycles. The second kappa shape index (κ2) is 8.29. The fourth-order valence-corrected chi connectivity index (χ4v) is 4.01. The predicted octanol–water partition coefficient (Wildman–Crippen LogP) is 4.25. The van der Waals surface area contributed by atoms with Crippen molar-refractivity contribution in [3.05, 3.63) is 95.6 Å². The Morgan fingerprint density at radius 1 is 0.968 bits per heavy atom. The van der Waals surface area contributed by atoms with E-state index in [1.807, 2.05) is 55.5 Å². The molecule has 4 aromatic rings. The highest BCUT2D eigenvalue weighted by atomic mass is 32.2. The number of carbonyl (C=O) groups is 1. The maximum atomic E-state index is 13.1. The van der Waals surface area contributed by atoms with E-state index in [1.165, 1.54) is 0 Å². The highest BCUT2D eigenvalue weighted by molar-refractivity contribution is 7.88. The van der Waals surface area contributed by atoms with Crippen LogP contribution in [0.5, 0.6) is 0 Å². The third kappa shape index (κ3) is 4.96. The van der Waals surface area contributed by atoms with Gasteiger partial charge in [-0.25, -0.2) is 18.5 Å². The normalized spacial score (nSPS) is 11.4. The molecule has 0 fully saturated rings. The number of aryl methyl sites for hydroxylation is 1. The zero-order chi connectivity index (χ0) is 22.0. The maximum absolute atomic E-state index is 13.1. The summed E-state index contributed by atoms with van der Waals surface area (Å²) in [5, 5.41) is 8.71. The molecule has 3 N–H and O–H groups in total. The van der Waals surface area contributed by atoms with E-state index < -0.39 is 10.0 Å². The van der Waals surface area contributed by atoms with Gasteiger partial charge in [-0.05, 0) is 36.8 Å². The van der Waals surface area contributed by atoms with Gasteiger partial charge in [0.25, 0.3) is 5.91 Å². The standard InChI is InChI=1S/C24H21N3O3S/c1-16-6-10-18(11-7-16)23-14-21(20-4-2-3-5-22(20)27-23)24(28)26-19-12-8-17(9-13-19)15-31(25,29)30/h2-14H,15H2,1H3,(H,26,28)(H2,25,29,30). The summed E-state index contributed by atoms with van der Waals surface area (Å²) in [6.45, 7) is 2.02. The minimum atomic E-state index is -3.61. The molecule has 156 valence electrons. The molecule has 0 saturated carbocycles. The van der Waals surface area contributed by atoms with Crippen molar-refractivity contribution in [2.24, 2.45) is 5.14 Å². The van der Waals surface area contributed by atoms with Gasteiger partial charge < -0.3 is 5.32 Å². The Morgan fingerprint density at radius 2 is 1.65 bits per heavy atom. The molecule has 1 aromatic heterocycles. The number of anilines is 1. The number of nitrogens with zero attached hydrogens (tertiary/aromatic N) is 1. The van der Waals surface area contributed by atoms with E-state index in [0.717, 1.165) is 22.0 Å². The summed E-state index contributed by atoms with van der Waals surface area (Å²) in [6.07, 6.45) is 0. The Morgan fingerprint density at radius 3 is 2.32 bits per heavy atom. The molecule has 3 aromatic carbocycles. The van der Waals surface area contributed by atoms with Crippen LogP contribution >= 0.6 is 0 Å². The van der Waals surface area contributed by atoms with Crippen LogP contribution in [0.3, 0.4) is 0 Å². The van der Waals surface area contributed by atoms with Crippen molar-refractivity contribution in [2.45, 2.75) is 12.7 Å². The zero-order valence-electron chi connectivity index (χ0n) is 16.9. The van der Waals surface area contributed by atoms with Crippen LogP contribution in [0.1, 0.15) is 21.5 Å². The minimum absolute atomic E-state index is 0.254. The van der Waals surface area contributed by atoms with Crippen molar-refractivity contribution in [1.82, 2.24) is 4.98 Å². The molecule has 31 heavy (non-hydrogen) atoms. The number of sulfonamides is 1. The summed E-state index contributed by atoms with van der Waals surface area (Å²) in [6, 6.07) is 23.8. The Bertz CT molecular complexity index is 1360. The average Bonchev–Trinajstić information content (AvgIpc) is 2.74. The smallest absolute Gasteiger partial charge is 0.256 e. The Labute approximate surface area is 180 Å². The third-order valence-corrected chi connectivity index (χ3v) is 5.62. The van der Waals surface area contributed by atoms with Gasteiger partial charge in [0, 0.05) is 16.6 Å². The number of pyridine rings is 1. The summed E-state index contributed by atoms with van der Waals surface area (Å²) in [5.74, 6) is -0.526. The van der Waals surface area contributed by atoms with Crippen LogP contribution in [0, 0.1) is 6.92 Å². The summed E-state index contributed by atoms with van der Waals surface area (Å²) in [7, 11) is -3.61. The van der Waals surface area contributed by atoms with Gasteiger partial charge in [0.05, 0.1) is 22.5 Å². The lowest BCUT2D eigenvalue weighted by Crippen LogP contribution is -2.15. The van der Waals surface area contributed by atoms with Crippen molar-refractivity contribution in [3.8, 4) is 11.3 Å². The summed E-state index contributed by atoms with van der Waals surface area (Å²) >= 11 is 0. The molecule has 4 rings (SSSR count). The third-order valence-electron chi connectivity index (χ3n) is 4.89. The first-order valence-electron chi connectivity index (χ1n) is 9.66. The highest BCUT2D eigenvalue weighted by Crippen LogP contribution is 2.26. The molecular formula is C24H21N3O3S. The van der Waals surface area contributed by atoms with Crippen LogP contribution in [-0.2, 0) is 15.8 Å². The van der Waals surface area contributed by atoms with Gasteiger partial charge in [0.15, 0.2) is 0 Å². The van der Waals surface area contributed by atoms with E-state index in [4.69, 9.17) is 10.1 Å². The molecule has 0 spiro atoms. The number of rotatable bonds is 5. The number of aromatic nitrogens is 1. The zero-order valence-corrected chi connectivity index (χ0v) is 17.7. The number of hydrogen-bond acceptors (Lipinski definition) is 4. The lowest BCUT2D eigenvalue weighted by atomic mass is 10.0. The lowest BCUT2D eigenvalue weighted by molar-refractivity contribution is 0.102. The van der Waals surface area contributed by atoms with Gasteiger partial charge in [-0.3, -0.25) is 4.79 Å². The van der Waals surface area contributed by atoms with Crippen LogP contribution in [0.2, 0.25) is 0 Å². The molecule has 0 unspecified atom stereocenters. The molecule has 0 aliphatic rings. The number of fused-ring (bicyclic) bond motifs is 1. The first-order valence-corrected chi connectivity index (χ1v) is 11.4. The molecule has 0 atom stereocenters. The van der Waals surface area contributed by atoms with Crippen molar-refractivity contribution in [1.29, 1.82) is 0 Å². The van der Waals surface area contributed by atoms with E-state index in [9.17, 15) is 13.2 Å². The molecule has 6 nitrogen and oxygen atoms in total. The van der Waals surface area contributed by atoms with Crippen LogP contribution < -0.4 is 10.5 Å². The lowest BCUT2D eigenvalue weighted by Gasteiger charge is -2.11. The van der Waals surface area contributed by atoms with E-state index in [-0.39, 0.29) is 11.7 Å². The predicted molar refractivity (Wildman–Crippen MR) is 123 cm³/mol. The molecule has 0 bridgehead atoms. The molecule has 1 heterocycles. The Balaban J connectivity index is 1.68. The van der Waals surface area contributed by atoms with E-state index in [2.05, 4.69) is 5.32 Å². The minimum Gasteiger partial charge on any atom is -0.322 e. The first kappa shape index (κ1) is 20.7. The second-order valence-corrected chi connectivity index (χ2v) is 9.01. The molecule has 1 amide bonds. The molecule has 7 heteroatoms. The van der Waals surface area contributed by atoms with Gasteiger partial charge >= 0.3 is 0 Å². The fourth-order valence-electron chi connectivity index (χ4n) is 3.35. The SMILES string of the molecule is Cc1ccc(-c2cc(C(=O)Nc3ccc(CS(N)(=O)=O)cc3)c3ccccc3n2)cc1. The monoisotopic (exact) mass is 431 g/mol. The summed E-state index contributed by atoms with van der Waals surface area (Å²) in [4.78, 5) is 17.8. The van der Waals surface area contributed by atoms with Crippen LogP contribution in [0.4, 0.5) is 5.69 Å². The van der Waals surface area contributed by atoms with Gasteiger partial charge in [0.2, 0.25) is 10.0 Å². The van der Waals surface area contributed by atoms with Crippen molar-refractivity contribution in [3.63, 3.8) is 0 Å².